The maximum atomic E-state index is 12.7. The van der Waals surface area contributed by atoms with Gasteiger partial charge < -0.3 is 19.5 Å². The van der Waals surface area contributed by atoms with Crippen molar-refractivity contribution in [3.63, 3.8) is 0 Å². The molecule has 1 rings (SSSR count). The summed E-state index contributed by atoms with van der Waals surface area (Å²) in [5, 5.41) is 2.79. The van der Waals surface area contributed by atoms with Crippen LogP contribution in [0, 0.1) is 0 Å². The number of benzene rings is 1. The Morgan fingerprint density at radius 3 is 2.25 bits per heavy atom. The van der Waals surface area contributed by atoms with E-state index in [0.29, 0.717) is 17.9 Å². The molecule has 1 unspecified atom stereocenters. The lowest BCUT2D eigenvalue weighted by Crippen LogP contribution is -2.46. The van der Waals surface area contributed by atoms with E-state index in [0.717, 1.165) is 6.42 Å². The molecule has 2 amide bonds. The van der Waals surface area contributed by atoms with E-state index in [1.165, 1.54) is 12.0 Å². The number of carbonyl (C=O) groups excluding carboxylic acids is 3. The van der Waals surface area contributed by atoms with Crippen LogP contribution >= 0.6 is 0 Å². The van der Waals surface area contributed by atoms with Crippen molar-refractivity contribution in [3.8, 4) is 5.75 Å². The minimum absolute atomic E-state index is 0.193. The Hall–Kier alpha value is -2.77. The van der Waals surface area contributed by atoms with Gasteiger partial charge in [0, 0.05) is 12.7 Å². The molecule has 0 aromatic heterocycles. The second-order valence-corrected chi connectivity index (χ2v) is 7.27. The highest BCUT2D eigenvalue weighted by Crippen LogP contribution is 2.18. The SMILES string of the molecule is CCCC(C(=O)Nc1ccc(OCC(=O)OC)cc1)N(C)C(=O)OC(C)(C)C. The molecule has 0 saturated carbocycles. The third-order valence-corrected chi connectivity index (χ3v) is 3.72. The highest BCUT2D eigenvalue weighted by atomic mass is 16.6. The Balaban J connectivity index is 2.75. The largest absolute Gasteiger partial charge is 0.482 e. The van der Waals surface area contributed by atoms with Gasteiger partial charge in [-0.3, -0.25) is 9.69 Å². The van der Waals surface area contributed by atoms with Crippen molar-refractivity contribution in [2.45, 2.75) is 52.2 Å². The fraction of sp³-hybridized carbons (Fsp3) is 0.550. The number of ether oxygens (including phenoxy) is 3. The van der Waals surface area contributed by atoms with Gasteiger partial charge in [0.1, 0.15) is 17.4 Å². The molecule has 8 nitrogen and oxygen atoms in total. The first kappa shape index (κ1) is 23.3. The molecular formula is C20H30N2O6. The second kappa shape index (κ2) is 10.5. The molecule has 1 aromatic rings. The van der Waals surface area contributed by atoms with Crippen LogP contribution in [-0.2, 0) is 19.1 Å². The first-order valence-electron chi connectivity index (χ1n) is 9.13. The van der Waals surface area contributed by atoms with Gasteiger partial charge in [0.05, 0.1) is 7.11 Å². The predicted octanol–water partition coefficient (Wildman–Crippen LogP) is 3.21. The molecule has 156 valence electrons. The van der Waals surface area contributed by atoms with E-state index in [9.17, 15) is 14.4 Å². The van der Waals surface area contributed by atoms with Gasteiger partial charge in [0.25, 0.3) is 0 Å². The maximum absolute atomic E-state index is 12.7. The average Bonchev–Trinajstić information content (AvgIpc) is 2.63. The number of amides is 2. The molecule has 8 heteroatoms. The van der Waals surface area contributed by atoms with Crippen LogP contribution in [-0.4, -0.2) is 55.3 Å². The van der Waals surface area contributed by atoms with Crippen LogP contribution in [0.3, 0.4) is 0 Å². The van der Waals surface area contributed by atoms with Crippen LogP contribution in [0.4, 0.5) is 10.5 Å². The van der Waals surface area contributed by atoms with E-state index in [4.69, 9.17) is 9.47 Å². The summed E-state index contributed by atoms with van der Waals surface area (Å²) in [5.41, 5.74) is -0.0902. The smallest absolute Gasteiger partial charge is 0.410 e. The van der Waals surface area contributed by atoms with Crippen molar-refractivity contribution >= 4 is 23.7 Å². The predicted molar refractivity (Wildman–Crippen MR) is 105 cm³/mol. The Morgan fingerprint density at radius 1 is 1.14 bits per heavy atom. The Labute approximate surface area is 166 Å². The average molecular weight is 394 g/mol. The van der Waals surface area contributed by atoms with E-state index in [1.54, 1.807) is 52.1 Å². The fourth-order valence-electron chi connectivity index (χ4n) is 2.30. The number of anilines is 1. The number of methoxy groups -OCH3 is 1. The van der Waals surface area contributed by atoms with Crippen LogP contribution < -0.4 is 10.1 Å². The molecule has 28 heavy (non-hydrogen) atoms. The van der Waals surface area contributed by atoms with E-state index in [1.807, 2.05) is 6.92 Å². The van der Waals surface area contributed by atoms with Gasteiger partial charge >= 0.3 is 12.1 Å². The quantitative estimate of drug-likeness (QED) is 0.681. The summed E-state index contributed by atoms with van der Waals surface area (Å²) < 4.78 is 15.1. The Kier molecular flexibility index (Phi) is 8.76. The maximum Gasteiger partial charge on any atom is 0.410 e. The van der Waals surface area contributed by atoms with Crippen molar-refractivity contribution in [3.05, 3.63) is 24.3 Å². The number of nitrogens with zero attached hydrogens (tertiary/aromatic N) is 1. The first-order valence-corrected chi connectivity index (χ1v) is 9.13. The minimum atomic E-state index is -0.657. The van der Waals surface area contributed by atoms with Crippen molar-refractivity contribution in [1.82, 2.24) is 4.90 Å². The minimum Gasteiger partial charge on any atom is -0.482 e. The molecule has 0 aliphatic carbocycles. The number of likely N-dealkylation sites (N-methyl/N-ethyl adjacent to an activating group) is 1. The van der Waals surface area contributed by atoms with Crippen LogP contribution in [0.1, 0.15) is 40.5 Å². The van der Waals surface area contributed by atoms with Crippen LogP contribution in [0.15, 0.2) is 24.3 Å². The zero-order valence-electron chi connectivity index (χ0n) is 17.4. The third kappa shape index (κ3) is 7.85. The van der Waals surface area contributed by atoms with Crippen molar-refractivity contribution < 1.29 is 28.6 Å². The van der Waals surface area contributed by atoms with E-state index in [2.05, 4.69) is 10.1 Å². The lowest BCUT2D eigenvalue weighted by atomic mass is 10.1. The molecule has 0 bridgehead atoms. The van der Waals surface area contributed by atoms with Gasteiger partial charge in [0.15, 0.2) is 6.61 Å². The zero-order valence-corrected chi connectivity index (χ0v) is 17.4. The van der Waals surface area contributed by atoms with Crippen LogP contribution in [0.25, 0.3) is 0 Å². The number of rotatable bonds is 8. The molecule has 0 radical (unpaired) electrons. The number of hydrogen-bond acceptors (Lipinski definition) is 6. The third-order valence-electron chi connectivity index (χ3n) is 3.72. The van der Waals surface area contributed by atoms with Crippen molar-refractivity contribution in [2.75, 3.05) is 26.1 Å². The molecule has 0 saturated heterocycles. The number of hydrogen-bond donors (Lipinski definition) is 1. The summed E-state index contributed by atoms with van der Waals surface area (Å²) in [7, 11) is 2.84. The summed E-state index contributed by atoms with van der Waals surface area (Å²) in [6.45, 7) is 7.07. The van der Waals surface area contributed by atoms with Gasteiger partial charge in [0.2, 0.25) is 5.91 Å². The summed E-state index contributed by atoms with van der Waals surface area (Å²) >= 11 is 0. The van der Waals surface area contributed by atoms with Gasteiger partial charge in [-0.1, -0.05) is 13.3 Å². The van der Waals surface area contributed by atoms with Crippen molar-refractivity contribution in [1.29, 1.82) is 0 Å². The van der Waals surface area contributed by atoms with Gasteiger partial charge in [-0.05, 0) is 51.5 Å². The molecule has 0 spiro atoms. The summed E-state index contributed by atoms with van der Waals surface area (Å²) in [5.74, 6) is -0.317. The second-order valence-electron chi connectivity index (χ2n) is 7.27. The van der Waals surface area contributed by atoms with Crippen molar-refractivity contribution in [2.24, 2.45) is 0 Å². The van der Waals surface area contributed by atoms with Crippen LogP contribution in [0.5, 0.6) is 5.75 Å². The summed E-state index contributed by atoms with van der Waals surface area (Å²) in [4.78, 5) is 37.4. The number of nitrogens with one attached hydrogen (secondary N) is 1. The highest BCUT2D eigenvalue weighted by molar-refractivity contribution is 5.96. The summed E-state index contributed by atoms with van der Waals surface area (Å²) in [6, 6.07) is 5.91. The summed E-state index contributed by atoms with van der Waals surface area (Å²) in [6.07, 6.45) is 0.681. The van der Waals surface area contributed by atoms with E-state index in [-0.39, 0.29) is 12.5 Å². The first-order chi connectivity index (χ1) is 13.1. The van der Waals surface area contributed by atoms with E-state index < -0.39 is 23.7 Å². The van der Waals surface area contributed by atoms with Gasteiger partial charge in [-0.15, -0.1) is 0 Å². The lowest BCUT2D eigenvalue weighted by molar-refractivity contribution is -0.142. The fourth-order valence-corrected chi connectivity index (χ4v) is 2.30. The number of esters is 1. The molecule has 1 atom stereocenters. The molecule has 1 aromatic carbocycles. The molecule has 0 aliphatic heterocycles. The molecular weight excluding hydrogens is 364 g/mol. The van der Waals surface area contributed by atoms with Gasteiger partial charge in [-0.2, -0.15) is 0 Å². The number of carbonyl (C=O) groups is 3. The monoisotopic (exact) mass is 394 g/mol. The highest BCUT2D eigenvalue weighted by Gasteiger charge is 2.29. The Morgan fingerprint density at radius 2 is 1.75 bits per heavy atom. The molecule has 0 aliphatic rings. The lowest BCUT2D eigenvalue weighted by Gasteiger charge is -2.30. The van der Waals surface area contributed by atoms with E-state index >= 15 is 0 Å². The zero-order chi connectivity index (χ0) is 21.3. The van der Waals surface area contributed by atoms with Crippen LogP contribution in [0.2, 0.25) is 0 Å². The standard InChI is InChI=1S/C20H30N2O6/c1-7-8-16(22(5)19(25)28-20(2,3)4)18(24)21-14-9-11-15(12-10-14)27-13-17(23)26-6/h9-12,16H,7-8,13H2,1-6H3,(H,21,24). The normalized spacial score (nSPS) is 11.9. The topological polar surface area (TPSA) is 94.2 Å². The molecule has 1 N–H and O–H groups in total. The molecule has 0 heterocycles. The van der Waals surface area contributed by atoms with Gasteiger partial charge in [-0.25, -0.2) is 9.59 Å². The molecule has 0 fully saturated rings. The Bertz CT molecular complexity index is 666.